The topological polar surface area (TPSA) is 64.4 Å². The lowest BCUT2D eigenvalue weighted by Crippen LogP contribution is -2.39. The number of benzene rings is 1. The van der Waals surface area contributed by atoms with E-state index in [1.54, 1.807) is 22.9 Å². The number of ketones is 1. The van der Waals surface area contributed by atoms with Crippen LogP contribution in [-0.2, 0) is 23.1 Å². The van der Waals surface area contributed by atoms with Crippen LogP contribution in [0.15, 0.2) is 36.5 Å². The molecule has 0 saturated carbocycles. The molecule has 25 heavy (non-hydrogen) atoms. The van der Waals surface area contributed by atoms with Crippen molar-refractivity contribution >= 4 is 11.7 Å². The van der Waals surface area contributed by atoms with Crippen molar-refractivity contribution in [3.8, 4) is 0 Å². The van der Waals surface area contributed by atoms with E-state index >= 15 is 0 Å². The molecule has 3 rings (SSSR count). The summed E-state index contributed by atoms with van der Waals surface area (Å²) in [7, 11) is 3.49. The van der Waals surface area contributed by atoms with Crippen LogP contribution in [0.2, 0.25) is 0 Å². The molecule has 0 bridgehead atoms. The molecule has 1 atom stereocenters. The predicted molar refractivity (Wildman–Crippen MR) is 93.2 cm³/mol. The zero-order valence-corrected chi connectivity index (χ0v) is 14.6. The van der Waals surface area contributed by atoms with Crippen LogP contribution in [0, 0.1) is 0 Å². The molecule has 1 aliphatic carbocycles. The second-order valence-electron chi connectivity index (χ2n) is 6.30. The van der Waals surface area contributed by atoms with E-state index in [-0.39, 0.29) is 17.6 Å². The molecule has 2 aromatic rings. The lowest BCUT2D eigenvalue weighted by atomic mass is 9.81. The molecule has 0 radical (unpaired) electrons. The molecular formula is C19H23N3O3. The van der Waals surface area contributed by atoms with Gasteiger partial charge in [0.1, 0.15) is 0 Å². The van der Waals surface area contributed by atoms with Crippen LogP contribution in [0.25, 0.3) is 0 Å². The predicted octanol–water partition coefficient (Wildman–Crippen LogP) is 2.16. The minimum atomic E-state index is -0.279. The molecule has 1 aromatic carbocycles. The Labute approximate surface area is 147 Å². The smallest absolute Gasteiger partial charge is 0.230 e. The molecule has 0 unspecified atom stereocenters. The van der Waals surface area contributed by atoms with Gasteiger partial charge in [0, 0.05) is 38.9 Å². The van der Waals surface area contributed by atoms with Gasteiger partial charge in [-0.25, -0.2) is 0 Å². The molecular weight excluding hydrogens is 318 g/mol. The van der Waals surface area contributed by atoms with Crippen LogP contribution in [-0.4, -0.2) is 46.6 Å². The second kappa shape index (κ2) is 7.61. The molecule has 1 heterocycles. The van der Waals surface area contributed by atoms with Gasteiger partial charge in [0.15, 0.2) is 5.78 Å². The Kier molecular flexibility index (Phi) is 5.28. The Morgan fingerprint density at radius 1 is 1.36 bits per heavy atom. The Balaban J connectivity index is 1.86. The zero-order valence-electron chi connectivity index (χ0n) is 14.6. The first-order valence-electron chi connectivity index (χ1n) is 8.48. The number of hydrogen-bond acceptors (Lipinski definition) is 4. The first-order valence-corrected chi connectivity index (χ1v) is 8.48. The van der Waals surface area contributed by atoms with Gasteiger partial charge in [0.05, 0.1) is 24.8 Å². The molecule has 132 valence electrons. The van der Waals surface area contributed by atoms with E-state index in [0.29, 0.717) is 38.1 Å². The van der Waals surface area contributed by atoms with Crippen molar-refractivity contribution in [1.29, 1.82) is 0 Å². The van der Waals surface area contributed by atoms with E-state index in [1.807, 2.05) is 37.4 Å². The third-order valence-corrected chi connectivity index (χ3v) is 4.75. The van der Waals surface area contributed by atoms with E-state index in [9.17, 15) is 9.59 Å². The third kappa shape index (κ3) is 3.64. The van der Waals surface area contributed by atoms with Gasteiger partial charge >= 0.3 is 0 Å². The third-order valence-electron chi connectivity index (χ3n) is 4.75. The Hall–Kier alpha value is -2.47. The maximum atomic E-state index is 13.2. The molecule has 6 nitrogen and oxygen atoms in total. The monoisotopic (exact) mass is 341 g/mol. The van der Waals surface area contributed by atoms with E-state index < -0.39 is 0 Å². The Morgan fingerprint density at radius 3 is 2.88 bits per heavy atom. The minimum absolute atomic E-state index is 0.0400. The van der Waals surface area contributed by atoms with Crippen molar-refractivity contribution in [1.82, 2.24) is 14.7 Å². The Morgan fingerprint density at radius 2 is 2.16 bits per heavy atom. The summed E-state index contributed by atoms with van der Waals surface area (Å²) < 4.78 is 6.94. The highest BCUT2D eigenvalue weighted by Crippen LogP contribution is 2.33. The summed E-state index contributed by atoms with van der Waals surface area (Å²) in [6.07, 6.45) is 2.70. The van der Waals surface area contributed by atoms with Gasteiger partial charge in [-0.3, -0.25) is 14.3 Å². The lowest BCUT2D eigenvalue weighted by Gasteiger charge is -2.30. The fraction of sp³-hybridized carbons (Fsp3) is 0.421. The van der Waals surface area contributed by atoms with Gasteiger partial charge in [-0.15, -0.1) is 0 Å². The summed E-state index contributed by atoms with van der Waals surface area (Å²) in [5, 5.41) is 4.17. The van der Waals surface area contributed by atoms with Crippen molar-refractivity contribution in [2.24, 2.45) is 7.05 Å². The van der Waals surface area contributed by atoms with Gasteiger partial charge in [-0.1, -0.05) is 24.3 Å². The molecule has 1 amide bonds. The fourth-order valence-corrected chi connectivity index (χ4v) is 3.32. The number of aromatic nitrogens is 2. The molecule has 1 aromatic heterocycles. The highest BCUT2D eigenvalue weighted by molar-refractivity contribution is 6.01. The number of carbonyl (C=O) groups excluding carboxylic acids is 2. The highest BCUT2D eigenvalue weighted by atomic mass is 16.5. The number of methoxy groups -OCH3 is 1. The molecule has 0 saturated heterocycles. The van der Waals surface area contributed by atoms with Crippen molar-refractivity contribution < 1.29 is 14.3 Å². The standard InChI is InChI=1S/C19H23N3O3/c1-21-14(9-10-20-21)13-22(11-12-25-2)19(24)17-7-8-18(23)16-6-4-3-5-15(16)17/h3-6,9-10,17H,7-8,11-13H2,1-2H3/t17-/m0/s1. The number of amides is 1. The summed E-state index contributed by atoms with van der Waals surface area (Å²) in [5.74, 6) is -0.119. The second-order valence-corrected chi connectivity index (χ2v) is 6.30. The molecule has 0 spiro atoms. The lowest BCUT2D eigenvalue weighted by molar-refractivity contribution is -0.134. The van der Waals surface area contributed by atoms with E-state index in [1.165, 1.54) is 0 Å². The van der Waals surface area contributed by atoms with E-state index in [4.69, 9.17) is 4.74 Å². The number of carbonyl (C=O) groups is 2. The Bertz CT molecular complexity index is 769. The maximum absolute atomic E-state index is 13.2. The summed E-state index contributed by atoms with van der Waals surface area (Å²) >= 11 is 0. The van der Waals surface area contributed by atoms with Gasteiger partial charge in [-0.05, 0) is 18.1 Å². The van der Waals surface area contributed by atoms with E-state index in [2.05, 4.69) is 5.10 Å². The van der Waals surface area contributed by atoms with Gasteiger partial charge in [-0.2, -0.15) is 5.10 Å². The first-order chi connectivity index (χ1) is 12.1. The number of aryl methyl sites for hydroxylation is 1. The molecule has 0 N–H and O–H groups in total. The quantitative estimate of drug-likeness (QED) is 0.808. The van der Waals surface area contributed by atoms with Crippen LogP contribution in [0.1, 0.15) is 40.4 Å². The van der Waals surface area contributed by atoms with Crippen LogP contribution in [0.3, 0.4) is 0 Å². The van der Waals surface area contributed by atoms with Crippen molar-refractivity contribution in [3.63, 3.8) is 0 Å². The minimum Gasteiger partial charge on any atom is -0.383 e. The van der Waals surface area contributed by atoms with Gasteiger partial charge in [0.25, 0.3) is 0 Å². The number of fused-ring (bicyclic) bond motifs is 1. The average molecular weight is 341 g/mol. The summed E-state index contributed by atoms with van der Waals surface area (Å²) in [6, 6.07) is 9.36. The maximum Gasteiger partial charge on any atom is 0.230 e. The van der Waals surface area contributed by atoms with Crippen LogP contribution < -0.4 is 0 Å². The first kappa shape index (κ1) is 17.4. The molecule has 0 aliphatic heterocycles. The van der Waals surface area contributed by atoms with Crippen molar-refractivity contribution in [3.05, 3.63) is 53.3 Å². The van der Waals surface area contributed by atoms with Gasteiger partial charge in [0.2, 0.25) is 5.91 Å². The number of ether oxygens (including phenoxy) is 1. The number of nitrogens with zero attached hydrogens (tertiary/aromatic N) is 3. The zero-order chi connectivity index (χ0) is 17.8. The van der Waals surface area contributed by atoms with E-state index in [0.717, 1.165) is 11.3 Å². The number of hydrogen-bond donors (Lipinski definition) is 0. The summed E-state index contributed by atoms with van der Waals surface area (Å²) in [4.78, 5) is 27.2. The number of Topliss-reactive ketones (excluding diaryl/α,β-unsaturated/α-hetero) is 1. The van der Waals surface area contributed by atoms with Gasteiger partial charge < -0.3 is 9.64 Å². The molecule has 6 heteroatoms. The van der Waals surface area contributed by atoms with Crippen LogP contribution in [0.4, 0.5) is 0 Å². The number of rotatable bonds is 6. The highest BCUT2D eigenvalue weighted by Gasteiger charge is 2.33. The van der Waals surface area contributed by atoms with Crippen LogP contribution >= 0.6 is 0 Å². The summed E-state index contributed by atoms with van der Waals surface area (Å²) in [5.41, 5.74) is 2.49. The molecule has 1 aliphatic rings. The molecule has 0 fully saturated rings. The largest absolute Gasteiger partial charge is 0.383 e. The summed E-state index contributed by atoms with van der Waals surface area (Å²) in [6.45, 7) is 1.45. The van der Waals surface area contributed by atoms with Crippen LogP contribution in [0.5, 0.6) is 0 Å². The normalized spacial score (nSPS) is 16.6. The average Bonchev–Trinajstić information content (AvgIpc) is 3.03. The van der Waals surface area contributed by atoms with Crippen molar-refractivity contribution in [2.75, 3.05) is 20.3 Å². The fourth-order valence-electron chi connectivity index (χ4n) is 3.32. The SMILES string of the molecule is COCCN(Cc1ccnn1C)C(=O)[C@H]1CCC(=O)c2ccccc21. The van der Waals surface area contributed by atoms with Crippen molar-refractivity contribution in [2.45, 2.75) is 25.3 Å².